The van der Waals surface area contributed by atoms with Crippen LogP contribution >= 0.6 is 0 Å². The van der Waals surface area contributed by atoms with Gasteiger partial charge in [0.25, 0.3) is 5.91 Å². The number of ether oxygens (including phenoxy) is 2. The zero-order valence-corrected chi connectivity index (χ0v) is 16.6. The van der Waals surface area contributed by atoms with Gasteiger partial charge in [0, 0.05) is 5.56 Å². The molecule has 0 aliphatic rings. The molecule has 4 heteroatoms. The number of hydrogen-bond donors (Lipinski definition) is 1. The van der Waals surface area contributed by atoms with Crippen LogP contribution in [-0.2, 0) is 0 Å². The Labute approximate surface area is 156 Å². The van der Waals surface area contributed by atoms with E-state index in [0.29, 0.717) is 12.2 Å². The summed E-state index contributed by atoms with van der Waals surface area (Å²) in [6.45, 7) is 10.5. The summed E-state index contributed by atoms with van der Waals surface area (Å²) < 4.78 is 11.2. The molecule has 0 aliphatic carbocycles. The molecule has 0 aliphatic heterocycles. The van der Waals surface area contributed by atoms with Crippen LogP contribution in [0.1, 0.15) is 53.7 Å². The summed E-state index contributed by atoms with van der Waals surface area (Å²) in [5.41, 5.74) is 3.80. The first-order chi connectivity index (χ1) is 12.3. The van der Waals surface area contributed by atoms with Gasteiger partial charge >= 0.3 is 0 Å². The summed E-state index contributed by atoms with van der Waals surface area (Å²) in [7, 11) is 1.66. The molecule has 0 radical (unpaired) electrons. The maximum Gasteiger partial charge on any atom is 0.251 e. The molecule has 0 heterocycles. The molecule has 140 valence electrons. The molecule has 1 amide bonds. The molecule has 1 N–H and O–H groups in total. The molecule has 4 nitrogen and oxygen atoms in total. The van der Waals surface area contributed by atoms with E-state index in [-0.39, 0.29) is 17.9 Å². The molecule has 1 atom stereocenters. The fraction of sp³-hybridized carbons (Fsp3) is 0.409. The second kappa shape index (κ2) is 8.75. The van der Waals surface area contributed by atoms with Crippen LogP contribution in [0.25, 0.3) is 0 Å². The Morgan fingerprint density at radius 2 is 1.73 bits per heavy atom. The largest absolute Gasteiger partial charge is 0.496 e. The lowest BCUT2D eigenvalue weighted by molar-refractivity contribution is 0.0926. The van der Waals surface area contributed by atoms with Crippen LogP contribution in [0.2, 0.25) is 0 Å². The first-order valence-corrected chi connectivity index (χ1v) is 9.00. The predicted octanol–water partition coefficient (Wildman–Crippen LogP) is 4.63. The van der Waals surface area contributed by atoms with Crippen molar-refractivity contribution in [1.29, 1.82) is 0 Å². The minimum absolute atomic E-state index is 0.0907. The number of methoxy groups -OCH3 is 1. The smallest absolute Gasteiger partial charge is 0.251 e. The maximum absolute atomic E-state index is 12.7. The highest BCUT2D eigenvalue weighted by molar-refractivity contribution is 5.96. The van der Waals surface area contributed by atoms with E-state index in [0.717, 1.165) is 22.6 Å². The van der Waals surface area contributed by atoms with E-state index in [2.05, 4.69) is 19.2 Å². The van der Waals surface area contributed by atoms with E-state index < -0.39 is 0 Å². The highest BCUT2D eigenvalue weighted by atomic mass is 16.5. The molecule has 2 aromatic rings. The van der Waals surface area contributed by atoms with Crippen molar-refractivity contribution < 1.29 is 14.3 Å². The summed E-state index contributed by atoms with van der Waals surface area (Å²) in [6.07, 6.45) is 0. The summed E-state index contributed by atoms with van der Waals surface area (Å²) in [4.78, 5) is 12.7. The second-order valence-electron chi connectivity index (χ2n) is 7.06. The Morgan fingerprint density at radius 1 is 1.08 bits per heavy atom. The lowest BCUT2D eigenvalue weighted by Crippen LogP contribution is -2.37. The topological polar surface area (TPSA) is 47.6 Å². The van der Waals surface area contributed by atoms with Gasteiger partial charge in [0.1, 0.15) is 18.1 Å². The van der Waals surface area contributed by atoms with Crippen molar-refractivity contribution in [3.05, 3.63) is 58.7 Å². The summed E-state index contributed by atoms with van der Waals surface area (Å²) in [5, 5.41) is 3.02. The van der Waals surface area contributed by atoms with Gasteiger partial charge < -0.3 is 14.8 Å². The van der Waals surface area contributed by atoms with Gasteiger partial charge in [-0.3, -0.25) is 4.79 Å². The molecule has 0 saturated heterocycles. The van der Waals surface area contributed by atoms with Crippen molar-refractivity contribution in [3.63, 3.8) is 0 Å². The average molecular weight is 355 g/mol. The van der Waals surface area contributed by atoms with Crippen LogP contribution in [-0.4, -0.2) is 25.7 Å². The fourth-order valence-corrected chi connectivity index (χ4v) is 2.77. The van der Waals surface area contributed by atoms with Crippen LogP contribution in [0, 0.1) is 13.8 Å². The Morgan fingerprint density at radius 3 is 2.31 bits per heavy atom. The zero-order chi connectivity index (χ0) is 19.3. The van der Waals surface area contributed by atoms with Gasteiger partial charge in [-0.1, -0.05) is 31.5 Å². The van der Waals surface area contributed by atoms with Crippen molar-refractivity contribution in [2.24, 2.45) is 0 Å². The molecule has 2 rings (SSSR count). The third-order valence-electron chi connectivity index (χ3n) is 4.34. The molecule has 26 heavy (non-hydrogen) atoms. The number of nitrogens with one attached hydrogen (secondary N) is 1. The highest BCUT2D eigenvalue weighted by Gasteiger charge is 2.17. The van der Waals surface area contributed by atoms with Crippen LogP contribution < -0.4 is 14.8 Å². The Kier molecular flexibility index (Phi) is 6.67. The SMILES string of the molecule is COc1cc(C)c(C(=O)N[C@H](C)COc2ccc(C)cc2)cc1C(C)C. The summed E-state index contributed by atoms with van der Waals surface area (Å²) >= 11 is 0. The number of carbonyl (C=O) groups excluding carboxylic acids is 1. The maximum atomic E-state index is 12.7. The lowest BCUT2D eigenvalue weighted by atomic mass is 9.96. The molecule has 0 bridgehead atoms. The van der Waals surface area contributed by atoms with Gasteiger partial charge in [-0.25, -0.2) is 0 Å². The Balaban J connectivity index is 2.04. The van der Waals surface area contributed by atoms with E-state index in [1.165, 1.54) is 5.56 Å². The molecule has 0 spiro atoms. The van der Waals surface area contributed by atoms with Gasteiger partial charge in [-0.2, -0.15) is 0 Å². The predicted molar refractivity (Wildman–Crippen MR) is 105 cm³/mol. The highest BCUT2D eigenvalue weighted by Crippen LogP contribution is 2.29. The fourth-order valence-electron chi connectivity index (χ4n) is 2.77. The first-order valence-electron chi connectivity index (χ1n) is 9.00. The number of benzene rings is 2. The van der Waals surface area contributed by atoms with E-state index in [1.807, 2.05) is 57.2 Å². The van der Waals surface area contributed by atoms with Crippen LogP contribution in [0.15, 0.2) is 36.4 Å². The summed E-state index contributed by atoms with van der Waals surface area (Å²) in [5.74, 6) is 1.82. The minimum atomic E-state index is -0.104. The summed E-state index contributed by atoms with van der Waals surface area (Å²) in [6, 6.07) is 11.6. The van der Waals surface area contributed by atoms with E-state index >= 15 is 0 Å². The molecule has 0 unspecified atom stereocenters. The van der Waals surface area contributed by atoms with Crippen molar-refractivity contribution in [3.8, 4) is 11.5 Å². The van der Waals surface area contributed by atoms with Crippen LogP contribution in [0.4, 0.5) is 0 Å². The monoisotopic (exact) mass is 355 g/mol. The molecule has 0 fully saturated rings. The van der Waals surface area contributed by atoms with E-state index in [1.54, 1.807) is 7.11 Å². The minimum Gasteiger partial charge on any atom is -0.496 e. The van der Waals surface area contributed by atoms with E-state index in [9.17, 15) is 4.79 Å². The quantitative estimate of drug-likeness (QED) is 0.787. The van der Waals surface area contributed by atoms with Crippen LogP contribution in [0.3, 0.4) is 0 Å². The third kappa shape index (κ3) is 5.01. The van der Waals surface area contributed by atoms with E-state index in [4.69, 9.17) is 9.47 Å². The lowest BCUT2D eigenvalue weighted by Gasteiger charge is -2.18. The van der Waals surface area contributed by atoms with Crippen molar-refractivity contribution in [2.75, 3.05) is 13.7 Å². The molecule has 0 aromatic heterocycles. The second-order valence-corrected chi connectivity index (χ2v) is 7.06. The Bertz CT molecular complexity index is 751. The number of carbonyl (C=O) groups is 1. The van der Waals surface area contributed by atoms with Crippen LogP contribution in [0.5, 0.6) is 11.5 Å². The molecule has 0 saturated carbocycles. The molecule has 2 aromatic carbocycles. The molecular formula is C22H29NO3. The zero-order valence-electron chi connectivity index (χ0n) is 16.6. The molecular weight excluding hydrogens is 326 g/mol. The average Bonchev–Trinajstić information content (AvgIpc) is 2.60. The van der Waals surface area contributed by atoms with Gasteiger partial charge in [-0.15, -0.1) is 0 Å². The number of hydrogen-bond acceptors (Lipinski definition) is 3. The number of aryl methyl sites for hydroxylation is 2. The Hall–Kier alpha value is -2.49. The van der Waals surface area contributed by atoms with Crippen molar-refractivity contribution in [2.45, 2.75) is 46.6 Å². The van der Waals surface area contributed by atoms with Gasteiger partial charge in [0.15, 0.2) is 0 Å². The number of rotatable bonds is 7. The van der Waals surface area contributed by atoms with Crippen molar-refractivity contribution in [1.82, 2.24) is 5.32 Å². The normalized spacial score (nSPS) is 12.0. The first kappa shape index (κ1) is 19.8. The van der Waals surface area contributed by atoms with Gasteiger partial charge in [0.2, 0.25) is 0 Å². The number of amides is 1. The van der Waals surface area contributed by atoms with Crippen molar-refractivity contribution >= 4 is 5.91 Å². The third-order valence-corrected chi connectivity index (χ3v) is 4.34. The van der Waals surface area contributed by atoms with Gasteiger partial charge in [0.05, 0.1) is 13.2 Å². The van der Waals surface area contributed by atoms with Gasteiger partial charge in [-0.05, 0) is 62.1 Å². The standard InChI is InChI=1S/C22H29NO3/c1-14(2)19-12-20(16(4)11-21(19)25-6)22(24)23-17(5)13-26-18-9-7-15(3)8-10-18/h7-12,14,17H,13H2,1-6H3,(H,23,24)/t17-/m1/s1.